The molecule has 0 radical (unpaired) electrons. The van der Waals surface area contributed by atoms with Crippen molar-refractivity contribution in [2.45, 2.75) is 26.6 Å². The van der Waals surface area contributed by atoms with Crippen LogP contribution >= 0.6 is 12.4 Å². The van der Waals surface area contributed by atoms with Crippen LogP contribution in [0.3, 0.4) is 0 Å². The molecule has 2 rings (SSSR count). The topological polar surface area (TPSA) is 87.1 Å². The van der Waals surface area contributed by atoms with E-state index in [0.29, 0.717) is 6.54 Å². The van der Waals surface area contributed by atoms with Crippen LogP contribution in [0.25, 0.3) is 11.0 Å². The Hall–Kier alpha value is -1.31. The fraction of sp³-hybridized carbons (Fsp3) is 0.385. The second kappa shape index (κ2) is 8.21. The molecule has 0 fully saturated rings. The van der Waals surface area contributed by atoms with Crippen molar-refractivity contribution in [2.75, 3.05) is 7.11 Å². The Labute approximate surface area is 140 Å². The first-order valence-electron chi connectivity index (χ1n) is 6.19. The van der Waals surface area contributed by atoms with Crippen molar-refractivity contribution in [1.29, 1.82) is 0 Å². The number of nitrogens with two attached hydrogens (primary N) is 2. The van der Waals surface area contributed by atoms with Gasteiger partial charge in [-0.15, -0.1) is 12.4 Å². The number of carbonyl (C=O) groups is 1. The number of imidazole rings is 1. The smallest absolute Gasteiger partial charge is 0.271 e. The van der Waals surface area contributed by atoms with E-state index in [4.69, 9.17) is 16.2 Å². The molecule has 4 N–H and O–H groups in total. The molecule has 2 aromatic rings. The Bertz CT molecular complexity index is 630. The molecular formula is C13H20BrClN4O2. The summed E-state index contributed by atoms with van der Waals surface area (Å²) < 4.78 is 9.17. The van der Waals surface area contributed by atoms with Crippen LogP contribution in [0.2, 0.25) is 0 Å². The minimum absolute atomic E-state index is 0. The fourth-order valence-electron chi connectivity index (χ4n) is 2.40. The Morgan fingerprint density at radius 3 is 2.57 bits per heavy atom. The quantitative estimate of drug-likeness (QED) is 0.555. The van der Waals surface area contributed by atoms with Crippen LogP contribution in [-0.4, -0.2) is 17.6 Å². The maximum Gasteiger partial charge on any atom is 0.271 e. The number of benzene rings is 1. The first kappa shape index (κ1) is 19.7. The number of ether oxygens (including phenoxy) is 1. The molecule has 21 heavy (non-hydrogen) atoms. The Kier molecular flexibility index (Phi) is 7.70. The predicted molar refractivity (Wildman–Crippen MR) is 78.7 cm³/mol. The standard InChI is InChI=1S/C13H18N4O2.BrH.ClH/c1-3-16-11-6-9(19-2)4-5-10(11)17(8-12(15)18)13(16)7-14;;/h4-6H,3,7-8,14H2,1-2H3,(H-,15,18);2*1H. The van der Waals surface area contributed by atoms with Gasteiger partial charge in [-0.25, -0.2) is 9.13 Å². The number of aryl methyl sites for hydroxylation is 1. The van der Waals surface area contributed by atoms with Crippen molar-refractivity contribution >= 4 is 29.3 Å². The summed E-state index contributed by atoms with van der Waals surface area (Å²) >= 11 is 0. The van der Waals surface area contributed by atoms with Crippen LogP contribution in [-0.2, 0) is 24.4 Å². The van der Waals surface area contributed by atoms with Crippen LogP contribution in [0, 0.1) is 0 Å². The summed E-state index contributed by atoms with van der Waals surface area (Å²) in [6.45, 7) is 3.27. The van der Waals surface area contributed by atoms with E-state index in [0.717, 1.165) is 29.2 Å². The lowest BCUT2D eigenvalue weighted by Crippen LogP contribution is -3.00. The molecule has 0 unspecified atom stereocenters. The molecule has 0 atom stereocenters. The van der Waals surface area contributed by atoms with Crippen LogP contribution < -0.4 is 37.8 Å². The molecule has 0 aliphatic rings. The highest BCUT2D eigenvalue weighted by Crippen LogP contribution is 2.20. The predicted octanol–water partition coefficient (Wildman–Crippen LogP) is -2.67. The summed E-state index contributed by atoms with van der Waals surface area (Å²) in [6.07, 6.45) is 0. The third kappa shape index (κ3) is 3.66. The van der Waals surface area contributed by atoms with Gasteiger partial charge in [0.25, 0.3) is 11.7 Å². The summed E-state index contributed by atoms with van der Waals surface area (Å²) in [5.74, 6) is 1.27. The average molecular weight is 380 g/mol. The number of aromatic nitrogens is 2. The van der Waals surface area contributed by atoms with Gasteiger partial charge in [-0.3, -0.25) is 4.79 Å². The van der Waals surface area contributed by atoms with Gasteiger partial charge in [0, 0.05) is 6.07 Å². The highest BCUT2D eigenvalue weighted by Gasteiger charge is 2.24. The molecule has 1 aromatic heterocycles. The van der Waals surface area contributed by atoms with Crippen molar-refractivity contribution in [3.05, 3.63) is 24.0 Å². The first-order valence-corrected chi connectivity index (χ1v) is 6.19. The van der Waals surface area contributed by atoms with E-state index in [1.807, 2.05) is 29.7 Å². The molecule has 0 aliphatic heterocycles. The number of primary amides is 1. The normalized spacial score (nSPS) is 9.86. The maximum absolute atomic E-state index is 11.2. The molecule has 0 bridgehead atoms. The zero-order valence-electron chi connectivity index (χ0n) is 12.0. The number of fused-ring (bicyclic) bond motifs is 1. The molecule has 1 amide bonds. The van der Waals surface area contributed by atoms with Crippen molar-refractivity contribution in [2.24, 2.45) is 11.5 Å². The van der Waals surface area contributed by atoms with Crippen molar-refractivity contribution in [3.8, 4) is 5.75 Å². The van der Waals surface area contributed by atoms with Gasteiger partial charge < -0.3 is 33.2 Å². The molecule has 6 nitrogen and oxygen atoms in total. The van der Waals surface area contributed by atoms with E-state index >= 15 is 0 Å². The molecule has 1 aromatic carbocycles. The van der Waals surface area contributed by atoms with Gasteiger partial charge in [0.15, 0.2) is 17.6 Å². The number of hydrogen-bond acceptors (Lipinski definition) is 3. The molecule has 0 spiro atoms. The third-order valence-electron chi connectivity index (χ3n) is 3.20. The third-order valence-corrected chi connectivity index (χ3v) is 3.20. The van der Waals surface area contributed by atoms with Gasteiger partial charge in [-0.05, 0) is 19.1 Å². The van der Waals surface area contributed by atoms with Crippen LogP contribution in [0.15, 0.2) is 18.2 Å². The molecule has 118 valence electrons. The minimum atomic E-state index is -0.384. The lowest BCUT2D eigenvalue weighted by atomic mass is 10.3. The monoisotopic (exact) mass is 378 g/mol. The Morgan fingerprint density at radius 1 is 1.43 bits per heavy atom. The van der Waals surface area contributed by atoms with E-state index in [-0.39, 0.29) is 41.8 Å². The van der Waals surface area contributed by atoms with Gasteiger partial charge >= 0.3 is 0 Å². The second-order valence-corrected chi connectivity index (χ2v) is 4.27. The van der Waals surface area contributed by atoms with Crippen molar-refractivity contribution < 1.29 is 31.1 Å². The van der Waals surface area contributed by atoms with E-state index < -0.39 is 0 Å². The van der Waals surface area contributed by atoms with Crippen molar-refractivity contribution in [1.82, 2.24) is 4.57 Å². The highest BCUT2D eigenvalue weighted by atomic mass is 79.9. The molecule has 8 heteroatoms. The Balaban J connectivity index is 0.00000200. The number of halogens is 2. The van der Waals surface area contributed by atoms with E-state index in [1.54, 1.807) is 7.11 Å². The molecule has 0 saturated carbocycles. The maximum atomic E-state index is 11.2. The lowest BCUT2D eigenvalue weighted by Gasteiger charge is -1.99. The van der Waals surface area contributed by atoms with Gasteiger partial charge in [-0.2, -0.15) is 0 Å². The molecule has 0 aliphatic carbocycles. The summed E-state index contributed by atoms with van der Waals surface area (Å²) in [4.78, 5) is 11.2. The van der Waals surface area contributed by atoms with Gasteiger partial charge in [0.1, 0.15) is 5.75 Å². The van der Waals surface area contributed by atoms with Crippen molar-refractivity contribution in [3.63, 3.8) is 0 Å². The highest BCUT2D eigenvalue weighted by molar-refractivity contribution is 5.85. The number of rotatable bonds is 5. The van der Waals surface area contributed by atoms with Crippen LogP contribution in [0.5, 0.6) is 5.75 Å². The summed E-state index contributed by atoms with van der Waals surface area (Å²) in [5, 5.41) is 0. The summed E-state index contributed by atoms with van der Waals surface area (Å²) in [6, 6.07) is 5.72. The fourth-order valence-corrected chi connectivity index (χ4v) is 2.40. The molecule has 0 saturated heterocycles. The summed E-state index contributed by atoms with van der Waals surface area (Å²) in [5.41, 5.74) is 13.0. The van der Waals surface area contributed by atoms with Crippen LogP contribution in [0.1, 0.15) is 12.7 Å². The SMILES string of the molecule is CCn1c(CN)[n+](CC(N)=O)c2ccc(OC)cc21.Cl.[Br-]. The van der Waals surface area contributed by atoms with Gasteiger partial charge in [-0.1, -0.05) is 0 Å². The minimum Gasteiger partial charge on any atom is -1.00 e. The number of nitrogens with zero attached hydrogens (tertiary/aromatic N) is 2. The van der Waals surface area contributed by atoms with Gasteiger partial charge in [0.2, 0.25) is 0 Å². The number of hydrogen-bond donors (Lipinski definition) is 2. The number of amides is 1. The van der Waals surface area contributed by atoms with Gasteiger partial charge in [0.05, 0.1) is 20.2 Å². The van der Waals surface area contributed by atoms with Crippen LogP contribution in [0.4, 0.5) is 0 Å². The number of methoxy groups -OCH3 is 1. The van der Waals surface area contributed by atoms with E-state index in [2.05, 4.69) is 4.57 Å². The zero-order chi connectivity index (χ0) is 14.0. The second-order valence-electron chi connectivity index (χ2n) is 4.27. The Morgan fingerprint density at radius 2 is 2.10 bits per heavy atom. The molecule has 1 heterocycles. The summed E-state index contributed by atoms with van der Waals surface area (Å²) in [7, 11) is 1.63. The van der Waals surface area contributed by atoms with E-state index in [1.165, 1.54) is 0 Å². The zero-order valence-corrected chi connectivity index (χ0v) is 14.4. The largest absolute Gasteiger partial charge is 1.00 e. The lowest BCUT2D eigenvalue weighted by molar-refractivity contribution is -0.667. The molecular weight excluding hydrogens is 360 g/mol. The first-order chi connectivity index (χ1) is 9.12. The average Bonchev–Trinajstić information content (AvgIpc) is 2.70. The number of carbonyl (C=O) groups excluding carboxylic acids is 1. The van der Waals surface area contributed by atoms with E-state index in [9.17, 15) is 4.79 Å².